The van der Waals surface area contributed by atoms with Gasteiger partial charge >= 0.3 is 5.97 Å². The van der Waals surface area contributed by atoms with E-state index in [0.717, 1.165) is 12.8 Å². The van der Waals surface area contributed by atoms with Crippen molar-refractivity contribution >= 4 is 28.3 Å². The molecule has 23 heavy (non-hydrogen) atoms. The van der Waals surface area contributed by atoms with Gasteiger partial charge in [0.05, 0.1) is 6.07 Å². The molecule has 8 heteroatoms. The molecule has 1 aromatic heterocycles. The molecule has 0 unspecified atom stereocenters. The van der Waals surface area contributed by atoms with Gasteiger partial charge in [-0.25, -0.2) is 9.78 Å². The highest BCUT2D eigenvalue weighted by Gasteiger charge is 2.43. The molecule has 0 spiro atoms. The summed E-state index contributed by atoms with van der Waals surface area (Å²) in [4.78, 5) is 27.8. The van der Waals surface area contributed by atoms with Crippen LogP contribution in [0.2, 0.25) is 0 Å². The standard InChI is InChI=1S/C15H18N4O3S/c1-3-6-17-14-18-11(8-23-14)13(21)22-7-12(20)19-15(2,9-16)10-4-5-10/h3,8,10H,1,4-7H2,2H3,(H,17,18)(H,19,20)/t15-/m0/s1. The summed E-state index contributed by atoms with van der Waals surface area (Å²) in [7, 11) is 0. The molecule has 1 aliphatic rings. The maximum Gasteiger partial charge on any atom is 0.358 e. The van der Waals surface area contributed by atoms with E-state index in [-0.39, 0.29) is 11.6 Å². The van der Waals surface area contributed by atoms with Crippen molar-refractivity contribution in [3.63, 3.8) is 0 Å². The van der Waals surface area contributed by atoms with Crippen molar-refractivity contribution in [3.8, 4) is 6.07 Å². The van der Waals surface area contributed by atoms with Crippen molar-refractivity contribution in [2.24, 2.45) is 5.92 Å². The van der Waals surface area contributed by atoms with Gasteiger partial charge in [-0.3, -0.25) is 4.79 Å². The van der Waals surface area contributed by atoms with Gasteiger partial charge in [0.25, 0.3) is 5.91 Å². The smallest absolute Gasteiger partial charge is 0.358 e. The lowest BCUT2D eigenvalue weighted by molar-refractivity contribution is -0.125. The Bertz CT molecular complexity index is 647. The van der Waals surface area contributed by atoms with Crippen molar-refractivity contribution < 1.29 is 14.3 Å². The molecule has 0 bridgehead atoms. The van der Waals surface area contributed by atoms with Crippen LogP contribution in [0.4, 0.5) is 5.13 Å². The van der Waals surface area contributed by atoms with E-state index in [1.807, 2.05) is 0 Å². The fourth-order valence-corrected chi connectivity index (χ4v) is 2.71. The fourth-order valence-electron chi connectivity index (χ4n) is 2.02. The molecule has 0 aromatic carbocycles. The van der Waals surface area contributed by atoms with Crippen LogP contribution in [-0.4, -0.2) is 35.6 Å². The topological polar surface area (TPSA) is 104 Å². The summed E-state index contributed by atoms with van der Waals surface area (Å²) in [5.41, 5.74) is -0.758. The van der Waals surface area contributed by atoms with Crippen LogP contribution in [0.3, 0.4) is 0 Å². The Labute approximate surface area is 138 Å². The Morgan fingerprint density at radius 3 is 3.00 bits per heavy atom. The maximum atomic E-state index is 11.9. The number of rotatable bonds is 8. The number of anilines is 1. The zero-order valence-corrected chi connectivity index (χ0v) is 13.6. The average Bonchev–Trinajstić information content (AvgIpc) is 3.30. The first-order valence-electron chi connectivity index (χ1n) is 7.18. The minimum atomic E-state index is -0.897. The van der Waals surface area contributed by atoms with E-state index in [1.165, 1.54) is 11.3 Å². The molecule has 0 radical (unpaired) electrons. The molecule has 7 nitrogen and oxygen atoms in total. The second-order valence-corrected chi connectivity index (χ2v) is 6.28. The predicted octanol–water partition coefficient (Wildman–Crippen LogP) is 1.71. The molecule has 2 N–H and O–H groups in total. The van der Waals surface area contributed by atoms with Gasteiger partial charge < -0.3 is 15.4 Å². The summed E-state index contributed by atoms with van der Waals surface area (Å²) in [5, 5.41) is 16.9. The summed E-state index contributed by atoms with van der Waals surface area (Å²) >= 11 is 1.26. The Balaban J connectivity index is 1.81. The van der Waals surface area contributed by atoms with Gasteiger partial charge in [0.2, 0.25) is 0 Å². The van der Waals surface area contributed by atoms with E-state index in [4.69, 9.17) is 4.74 Å². The first kappa shape index (κ1) is 17.0. The highest BCUT2D eigenvalue weighted by atomic mass is 32.1. The molecule has 2 rings (SSSR count). The third-order valence-corrected chi connectivity index (χ3v) is 4.27. The SMILES string of the molecule is C=CCNc1nc(C(=O)OCC(=O)N[C@@](C)(C#N)C2CC2)cs1. The van der Waals surface area contributed by atoms with E-state index in [1.54, 1.807) is 18.4 Å². The quantitative estimate of drug-likeness (QED) is 0.554. The van der Waals surface area contributed by atoms with Crippen molar-refractivity contribution in [3.05, 3.63) is 23.7 Å². The number of thiazole rings is 1. The number of amides is 1. The Kier molecular flexibility index (Phi) is 5.34. The van der Waals surface area contributed by atoms with Crippen LogP contribution in [0.1, 0.15) is 30.3 Å². The van der Waals surface area contributed by atoms with Gasteiger partial charge in [0, 0.05) is 11.9 Å². The van der Waals surface area contributed by atoms with Crippen LogP contribution in [0, 0.1) is 17.2 Å². The second kappa shape index (κ2) is 7.24. The number of carbonyl (C=O) groups is 2. The number of hydrogen-bond donors (Lipinski definition) is 2. The molecule has 1 saturated carbocycles. The molecule has 1 atom stereocenters. The van der Waals surface area contributed by atoms with Crippen LogP contribution in [0.5, 0.6) is 0 Å². The van der Waals surface area contributed by atoms with Gasteiger partial charge in [-0.05, 0) is 25.7 Å². The number of ether oxygens (including phenoxy) is 1. The lowest BCUT2D eigenvalue weighted by Crippen LogP contribution is -2.48. The van der Waals surface area contributed by atoms with Crippen molar-refractivity contribution in [2.45, 2.75) is 25.3 Å². The summed E-state index contributed by atoms with van der Waals surface area (Å²) < 4.78 is 4.93. The molecular formula is C15H18N4O3S. The summed E-state index contributed by atoms with van der Waals surface area (Å²) in [6.45, 7) is 5.36. The monoisotopic (exact) mass is 334 g/mol. The minimum absolute atomic E-state index is 0.139. The van der Waals surface area contributed by atoms with Crippen LogP contribution >= 0.6 is 11.3 Å². The summed E-state index contributed by atoms with van der Waals surface area (Å²) in [6.07, 6.45) is 3.52. The van der Waals surface area contributed by atoms with Crippen molar-refractivity contribution in [1.29, 1.82) is 5.26 Å². The zero-order chi connectivity index (χ0) is 16.9. The number of aromatic nitrogens is 1. The van der Waals surface area contributed by atoms with Crippen LogP contribution < -0.4 is 10.6 Å². The van der Waals surface area contributed by atoms with Crippen molar-refractivity contribution in [2.75, 3.05) is 18.5 Å². The molecule has 0 aliphatic heterocycles. The molecule has 1 amide bonds. The van der Waals surface area contributed by atoms with Crippen LogP contribution in [-0.2, 0) is 9.53 Å². The summed E-state index contributed by atoms with van der Waals surface area (Å²) in [6, 6.07) is 2.11. The van der Waals surface area contributed by atoms with E-state index >= 15 is 0 Å². The van der Waals surface area contributed by atoms with Gasteiger partial charge in [-0.1, -0.05) is 6.08 Å². The largest absolute Gasteiger partial charge is 0.451 e. The summed E-state index contributed by atoms with van der Waals surface area (Å²) in [5.74, 6) is -0.994. The number of esters is 1. The van der Waals surface area contributed by atoms with Gasteiger partial charge in [-0.15, -0.1) is 17.9 Å². The Hall–Kier alpha value is -2.40. The normalized spacial score (nSPS) is 15.8. The highest BCUT2D eigenvalue weighted by Crippen LogP contribution is 2.39. The molecule has 1 fully saturated rings. The number of carbonyl (C=O) groups excluding carboxylic acids is 2. The first-order chi connectivity index (χ1) is 11.0. The predicted molar refractivity (Wildman–Crippen MR) is 86.0 cm³/mol. The average molecular weight is 334 g/mol. The third kappa shape index (κ3) is 4.53. The van der Waals surface area contributed by atoms with E-state index in [9.17, 15) is 14.9 Å². The number of nitrogens with one attached hydrogen (secondary N) is 2. The van der Waals surface area contributed by atoms with Gasteiger partial charge in [0.1, 0.15) is 5.54 Å². The lowest BCUT2D eigenvalue weighted by Gasteiger charge is -2.22. The van der Waals surface area contributed by atoms with E-state index in [2.05, 4.69) is 28.3 Å². The Morgan fingerprint density at radius 2 is 2.39 bits per heavy atom. The molecule has 0 saturated heterocycles. The minimum Gasteiger partial charge on any atom is -0.451 e. The number of nitrogens with zero attached hydrogens (tertiary/aromatic N) is 2. The van der Waals surface area contributed by atoms with Gasteiger partial charge in [-0.2, -0.15) is 5.26 Å². The first-order valence-corrected chi connectivity index (χ1v) is 8.06. The van der Waals surface area contributed by atoms with E-state index < -0.39 is 24.0 Å². The molecule has 1 heterocycles. The number of hydrogen-bond acceptors (Lipinski definition) is 7. The van der Waals surface area contributed by atoms with Crippen LogP contribution in [0.15, 0.2) is 18.0 Å². The van der Waals surface area contributed by atoms with Crippen LogP contribution in [0.25, 0.3) is 0 Å². The lowest BCUT2D eigenvalue weighted by atomic mass is 9.98. The zero-order valence-electron chi connectivity index (χ0n) is 12.8. The third-order valence-electron chi connectivity index (χ3n) is 3.47. The highest BCUT2D eigenvalue weighted by molar-refractivity contribution is 7.13. The van der Waals surface area contributed by atoms with Crippen molar-refractivity contribution in [1.82, 2.24) is 10.3 Å². The molecule has 1 aromatic rings. The van der Waals surface area contributed by atoms with E-state index in [0.29, 0.717) is 11.7 Å². The second-order valence-electron chi connectivity index (χ2n) is 5.42. The Morgan fingerprint density at radius 1 is 1.65 bits per heavy atom. The number of nitriles is 1. The fraction of sp³-hybridized carbons (Fsp3) is 0.467. The molecule has 1 aliphatic carbocycles. The molecular weight excluding hydrogens is 316 g/mol. The maximum absolute atomic E-state index is 11.9. The van der Waals surface area contributed by atoms with Gasteiger partial charge in [0.15, 0.2) is 17.4 Å². The molecule has 122 valence electrons.